The van der Waals surface area contributed by atoms with Crippen molar-refractivity contribution >= 4 is 0 Å². The first-order valence-corrected chi connectivity index (χ1v) is 8.93. The molecule has 0 aromatic heterocycles. The van der Waals surface area contributed by atoms with E-state index in [1.807, 2.05) is 78.9 Å². The van der Waals surface area contributed by atoms with Gasteiger partial charge in [0.2, 0.25) is 0 Å². The van der Waals surface area contributed by atoms with Crippen molar-refractivity contribution in [1.29, 1.82) is 0 Å². The summed E-state index contributed by atoms with van der Waals surface area (Å²) < 4.78 is 11.9. The number of hydrogen-bond acceptors (Lipinski definition) is 3. The second kappa shape index (κ2) is 7.22. The Kier molecular flexibility index (Phi) is 4.63. The van der Waals surface area contributed by atoms with Gasteiger partial charge in [0.25, 0.3) is 0 Å². The molecule has 3 aromatic carbocycles. The van der Waals surface area contributed by atoms with Gasteiger partial charge in [-0.25, -0.2) is 0 Å². The molecule has 1 aliphatic rings. The lowest BCUT2D eigenvalue weighted by atomic mass is 10.1. The molecule has 132 valence electrons. The van der Waals surface area contributed by atoms with E-state index in [1.54, 1.807) is 0 Å². The van der Waals surface area contributed by atoms with Gasteiger partial charge in [-0.15, -0.1) is 0 Å². The number of rotatable bonds is 7. The molecule has 3 aromatic rings. The highest BCUT2D eigenvalue weighted by Crippen LogP contribution is 2.49. The summed E-state index contributed by atoms with van der Waals surface area (Å²) >= 11 is 0. The van der Waals surface area contributed by atoms with Crippen LogP contribution in [0, 0.1) is 0 Å². The van der Waals surface area contributed by atoms with Gasteiger partial charge in [-0.05, 0) is 42.2 Å². The first kappa shape index (κ1) is 16.7. The lowest BCUT2D eigenvalue weighted by molar-refractivity contribution is 0.144. The third-order valence-corrected chi connectivity index (χ3v) is 4.66. The Morgan fingerprint density at radius 3 is 1.88 bits per heavy atom. The van der Waals surface area contributed by atoms with E-state index in [-0.39, 0.29) is 0 Å². The summed E-state index contributed by atoms with van der Waals surface area (Å²) in [5.41, 5.74) is 2.26. The first-order chi connectivity index (χ1) is 12.7. The summed E-state index contributed by atoms with van der Waals surface area (Å²) in [6.07, 6.45) is 1.52. The van der Waals surface area contributed by atoms with Crippen LogP contribution in [0.5, 0.6) is 11.5 Å². The van der Waals surface area contributed by atoms with E-state index in [1.165, 1.54) is 0 Å². The van der Waals surface area contributed by atoms with E-state index in [2.05, 4.69) is 0 Å². The van der Waals surface area contributed by atoms with Gasteiger partial charge in [-0.1, -0.05) is 60.7 Å². The summed E-state index contributed by atoms with van der Waals surface area (Å²) in [6, 6.07) is 25.8. The minimum absolute atomic E-state index is 0.480. The van der Waals surface area contributed by atoms with E-state index in [0.29, 0.717) is 13.2 Å². The van der Waals surface area contributed by atoms with Gasteiger partial charge in [0.15, 0.2) is 0 Å². The van der Waals surface area contributed by atoms with Crippen molar-refractivity contribution in [3.63, 3.8) is 0 Å². The Hall–Kier alpha value is -2.78. The van der Waals surface area contributed by atoms with Crippen molar-refractivity contribution in [3.05, 3.63) is 95.6 Å². The maximum absolute atomic E-state index is 10.7. The van der Waals surface area contributed by atoms with Gasteiger partial charge in [0.05, 0.1) is 5.60 Å². The zero-order valence-electron chi connectivity index (χ0n) is 14.6. The fourth-order valence-corrected chi connectivity index (χ4v) is 2.95. The van der Waals surface area contributed by atoms with Crippen LogP contribution < -0.4 is 9.47 Å². The molecule has 26 heavy (non-hydrogen) atoms. The lowest BCUT2D eigenvalue weighted by Crippen LogP contribution is -2.09. The molecule has 0 unspecified atom stereocenters. The average Bonchev–Trinajstić information content (AvgIpc) is 3.45. The zero-order valence-corrected chi connectivity index (χ0v) is 14.6. The van der Waals surface area contributed by atoms with Crippen molar-refractivity contribution in [3.8, 4) is 11.5 Å². The summed E-state index contributed by atoms with van der Waals surface area (Å²) in [4.78, 5) is 0. The molecule has 0 atom stereocenters. The van der Waals surface area contributed by atoms with Gasteiger partial charge in [-0.2, -0.15) is 0 Å². The molecule has 0 amide bonds. The smallest absolute Gasteiger partial charge is 0.126 e. The summed E-state index contributed by atoms with van der Waals surface area (Å²) in [5.74, 6) is 1.47. The van der Waals surface area contributed by atoms with Crippen molar-refractivity contribution in [2.45, 2.75) is 31.7 Å². The van der Waals surface area contributed by atoms with Crippen LogP contribution in [-0.4, -0.2) is 5.11 Å². The Balaban J connectivity index is 1.50. The SMILES string of the molecule is OC1(c2cc(OCc3ccccc3)ccc2OCc2ccccc2)CC1. The fraction of sp³-hybridized carbons (Fsp3) is 0.217. The average molecular weight is 346 g/mol. The molecule has 3 heteroatoms. The number of ether oxygens (including phenoxy) is 2. The van der Waals surface area contributed by atoms with E-state index < -0.39 is 5.60 Å². The summed E-state index contributed by atoms with van der Waals surface area (Å²) in [6.45, 7) is 0.983. The molecule has 0 radical (unpaired) electrons. The molecule has 0 bridgehead atoms. The van der Waals surface area contributed by atoms with Gasteiger partial charge in [0, 0.05) is 5.56 Å². The van der Waals surface area contributed by atoms with Crippen LogP contribution in [0.4, 0.5) is 0 Å². The molecule has 1 fully saturated rings. The minimum Gasteiger partial charge on any atom is -0.489 e. The predicted octanol–water partition coefficient (Wildman–Crippen LogP) is 4.83. The monoisotopic (exact) mass is 346 g/mol. The molecule has 0 spiro atoms. The number of aliphatic hydroxyl groups is 1. The van der Waals surface area contributed by atoms with Crippen LogP contribution in [0.15, 0.2) is 78.9 Å². The largest absolute Gasteiger partial charge is 0.489 e. The van der Waals surface area contributed by atoms with Crippen LogP contribution in [0.1, 0.15) is 29.5 Å². The second-order valence-corrected chi connectivity index (χ2v) is 6.74. The topological polar surface area (TPSA) is 38.7 Å². The van der Waals surface area contributed by atoms with E-state index >= 15 is 0 Å². The van der Waals surface area contributed by atoms with E-state index in [9.17, 15) is 5.11 Å². The van der Waals surface area contributed by atoms with Gasteiger partial charge in [0.1, 0.15) is 24.7 Å². The molecular weight excluding hydrogens is 324 g/mol. The molecule has 3 nitrogen and oxygen atoms in total. The molecule has 0 heterocycles. The number of benzene rings is 3. The third kappa shape index (κ3) is 3.89. The maximum atomic E-state index is 10.7. The highest BCUT2D eigenvalue weighted by molar-refractivity contribution is 5.46. The quantitative estimate of drug-likeness (QED) is 0.666. The highest BCUT2D eigenvalue weighted by atomic mass is 16.5. The first-order valence-electron chi connectivity index (χ1n) is 8.93. The molecule has 4 rings (SSSR count). The second-order valence-electron chi connectivity index (χ2n) is 6.74. The van der Waals surface area contributed by atoms with E-state index in [4.69, 9.17) is 9.47 Å². The van der Waals surface area contributed by atoms with Crippen LogP contribution >= 0.6 is 0 Å². The molecule has 1 aliphatic carbocycles. The normalized spacial score (nSPS) is 14.7. The van der Waals surface area contributed by atoms with Crippen LogP contribution in [0.25, 0.3) is 0 Å². The zero-order chi connectivity index (χ0) is 17.8. The molecular formula is C23H22O3. The Labute approximate surface area is 153 Å². The molecule has 0 aliphatic heterocycles. The van der Waals surface area contributed by atoms with Gasteiger partial charge >= 0.3 is 0 Å². The maximum Gasteiger partial charge on any atom is 0.126 e. The van der Waals surface area contributed by atoms with Crippen molar-refractivity contribution < 1.29 is 14.6 Å². The Morgan fingerprint density at radius 2 is 1.31 bits per heavy atom. The fourth-order valence-electron chi connectivity index (χ4n) is 2.95. The van der Waals surface area contributed by atoms with Crippen molar-refractivity contribution in [1.82, 2.24) is 0 Å². The summed E-state index contributed by atoms with van der Waals surface area (Å²) in [7, 11) is 0. The predicted molar refractivity (Wildman–Crippen MR) is 101 cm³/mol. The standard InChI is InChI=1S/C23H22O3/c24-23(13-14-23)21-15-20(25-16-18-7-3-1-4-8-18)11-12-22(21)26-17-19-9-5-2-6-10-19/h1-12,15,24H,13-14,16-17H2. The third-order valence-electron chi connectivity index (χ3n) is 4.66. The highest BCUT2D eigenvalue weighted by Gasteiger charge is 2.44. The Morgan fingerprint density at radius 1 is 0.731 bits per heavy atom. The molecule has 1 saturated carbocycles. The molecule has 1 N–H and O–H groups in total. The van der Waals surface area contributed by atoms with Gasteiger partial charge < -0.3 is 14.6 Å². The minimum atomic E-state index is -0.780. The number of hydrogen-bond donors (Lipinski definition) is 1. The van der Waals surface area contributed by atoms with E-state index in [0.717, 1.165) is 41.0 Å². The van der Waals surface area contributed by atoms with Crippen LogP contribution in [-0.2, 0) is 18.8 Å². The summed E-state index contributed by atoms with van der Waals surface area (Å²) in [5, 5.41) is 10.7. The van der Waals surface area contributed by atoms with Crippen molar-refractivity contribution in [2.75, 3.05) is 0 Å². The Bertz CT molecular complexity index is 855. The van der Waals surface area contributed by atoms with Crippen molar-refractivity contribution in [2.24, 2.45) is 0 Å². The van der Waals surface area contributed by atoms with Crippen LogP contribution in [0.2, 0.25) is 0 Å². The van der Waals surface area contributed by atoms with Gasteiger partial charge in [-0.3, -0.25) is 0 Å². The van der Waals surface area contributed by atoms with Crippen LogP contribution in [0.3, 0.4) is 0 Å². The molecule has 0 saturated heterocycles. The lowest BCUT2D eigenvalue weighted by Gasteiger charge is -2.17.